The van der Waals surface area contributed by atoms with Crippen molar-refractivity contribution < 1.29 is 8.81 Å². The van der Waals surface area contributed by atoms with Gasteiger partial charge >= 0.3 is 0 Å². The van der Waals surface area contributed by atoms with E-state index in [4.69, 9.17) is 10.2 Å². The number of nitrogens with two attached hydrogens (primary N) is 1. The van der Waals surface area contributed by atoms with Crippen LogP contribution in [-0.4, -0.2) is 15.0 Å². The summed E-state index contributed by atoms with van der Waals surface area (Å²) in [4.78, 5) is 12.0. The van der Waals surface area contributed by atoms with Crippen molar-refractivity contribution in [1.82, 2.24) is 15.0 Å². The van der Waals surface area contributed by atoms with E-state index in [1.807, 2.05) is 0 Å². The monoisotopic (exact) mass is 256 g/mol. The lowest BCUT2D eigenvalue weighted by Crippen LogP contribution is -1.95. The number of aromatic nitrogens is 3. The summed E-state index contributed by atoms with van der Waals surface area (Å²) in [7, 11) is 0. The van der Waals surface area contributed by atoms with E-state index in [9.17, 15) is 4.39 Å². The SMILES string of the molecule is Nc1nccc(-c2ocnc2-c2ccc(F)cc2)n1. The van der Waals surface area contributed by atoms with Gasteiger partial charge in [0.1, 0.15) is 17.2 Å². The van der Waals surface area contributed by atoms with Crippen molar-refractivity contribution in [3.8, 4) is 22.7 Å². The Balaban J connectivity index is 2.10. The van der Waals surface area contributed by atoms with Crippen LogP contribution in [0.4, 0.5) is 10.3 Å². The van der Waals surface area contributed by atoms with Gasteiger partial charge in [-0.05, 0) is 30.3 Å². The Labute approximate surface area is 108 Å². The molecule has 5 nitrogen and oxygen atoms in total. The third kappa shape index (κ3) is 2.15. The number of anilines is 1. The largest absolute Gasteiger partial charge is 0.441 e. The molecule has 0 aliphatic carbocycles. The Bertz CT molecular complexity index is 709. The fourth-order valence-electron chi connectivity index (χ4n) is 1.74. The van der Waals surface area contributed by atoms with E-state index < -0.39 is 0 Å². The molecular weight excluding hydrogens is 247 g/mol. The summed E-state index contributed by atoms with van der Waals surface area (Å²) in [6, 6.07) is 7.65. The first-order chi connectivity index (χ1) is 9.24. The second-order valence-corrected chi connectivity index (χ2v) is 3.84. The quantitative estimate of drug-likeness (QED) is 0.762. The van der Waals surface area contributed by atoms with Gasteiger partial charge < -0.3 is 10.2 Å². The summed E-state index contributed by atoms with van der Waals surface area (Å²) in [5, 5.41) is 0. The summed E-state index contributed by atoms with van der Waals surface area (Å²) in [5.74, 6) is 0.319. The molecule has 0 bridgehead atoms. The van der Waals surface area contributed by atoms with Gasteiger partial charge in [-0.15, -0.1) is 0 Å². The van der Waals surface area contributed by atoms with Crippen LogP contribution in [0.2, 0.25) is 0 Å². The van der Waals surface area contributed by atoms with E-state index in [1.165, 1.54) is 24.7 Å². The number of hydrogen-bond acceptors (Lipinski definition) is 5. The molecule has 2 aromatic heterocycles. The van der Waals surface area contributed by atoms with Crippen molar-refractivity contribution in [3.05, 3.63) is 48.7 Å². The van der Waals surface area contributed by atoms with Crippen LogP contribution in [0.1, 0.15) is 0 Å². The molecule has 0 saturated heterocycles. The van der Waals surface area contributed by atoms with E-state index in [1.54, 1.807) is 18.2 Å². The highest BCUT2D eigenvalue weighted by atomic mass is 19.1. The molecule has 2 N–H and O–H groups in total. The van der Waals surface area contributed by atoms with Gasteiger partial charge in [0.25, 0.3) is 0 Å². The maximum Gasteiger partial charge on any atom is 0.220 e. The number of halogens is 1. The predicted octanol–water partition coefficient (Wildman–Crippen LogP) is 2.52. The highest BCUT2D eigenvalue weighted by Gasteiger charge is 2.14. The molecule has 0 radical (unpaired) electrons. The summed E-state index contributed by atoms with van der Waals surface area (Å²) >= 11 is 0. The maximum atomic E-state index is 12.9. The first kappa shape index (κ1) is 11.3. The zero-order chi connectivity index (χ0) is 13.2. The number of nitrogen functional groups attached to an aromatic ring is 1. The summed E-state index contributed by atoms with van der Waals surface area (Å²) < 4.78 is 18.3. The number of rotatable bonds is 2. The molecule has 3 aromatic rings. The highest BCUT2D eigenvalue weighted by molar-refractivity contribution is 5.74. The lowest BCUT2D eigenvalue weighted by Gasteiger charge is -2.01. The zero-order valence-corrected chi connectivity index (χ0v) is 9.75. The topological polar surface area (TPSA) is 77.8 Å². The van der Waals surface area contributed by atoms with Crippen molar-refractivity contribution in [1.29, 1.82) is 0 Å². The van der Waals surface area contributed by atoms with E-state index in [0.29, 0.717) is 17.1 Å². The number of oxazole rings is 1. The lowest BCUT2D eigenvalue weighted by molar-refractivity contribution is 0.570. The van der Waals surface area contributed by atoms with Crippen LogP contribution < -0.4 is 5.73 Å². The molecule has 0 aliphatic rings. The van der Waals surface area contributed by atoms with Crippen molar-refractivity contribution >= 4 is 5.95 Å². The Kier molecular flexibility index (Phi) is 2.68. The standard InChI is InChI=1S/C13H9FN4O/c14-9-3-1-8(2-4-9)11-12(19-7-17-11)10-5-6-16-13(15)18-10/h1-7H,(H2,15,16,18). The Hall–Kier alpha value is -2.76. The van der Waals surface area contributed by atoms with Crippen molar-refractivity contribution in [2.24, 2.45) is 0 Å². The molecule has 3 rings (SSSR count). The van der Waals surface area contributed by atoms with E-state index in [-0.39, 0.29) is 11.8 Å². The third-order valence-corrected chi connectivity index (χ3v) is 2.59. The average Bonchev–Trinajstić information content (AvgIpc) is 2.89. The molecule has 0 atom stereocenters. The summed E-state index contributed by atoms with van der Waals surface area (Å²) in [6.45, 7) is 0. The van der Waals surface area contributed by atoms with Gasteiger partial charge in [-0.3, -0.25) is 0 Å². The zero-order valence-electron chi connectivity index (χ0n) is 9.75. The van der Waals surface area contributed by atoms with Gasteiger partial charge in [-0.1, -0.05) is 0 Å². The van der Waals surface area contributed by atoms with Gasteiger partial charge in [-0.2, -0.15) is 0 Å². The Morgan fingerprint density at radius 1 is 1.05 bits per heavy atom. The van der Waals surface area contributed by atoms with Gasteiger partial charge in [0.2, 0.25) is 5.95 Å². The maximum absolute atomic E-state index is 12.9. The molecule has 0 amide bonds. The molecule has 0 saturated carbocycles. The van der Waals surface area contributed by atoms with Crippen molar-refractivity contribution in [3.63, 3.8) is 0 Å². The summed E-state index contributed by atoms with van der Waals surface area (Å²) in [5.41, 5.74) is 7.39. The fraction of sp³-hybridized carbons (Fsp3) is 0. The van der Waals surface area contributed by atoms with Crippen LogP contribution >= 0.6 is 0 Å². The molecule has 6 heteroatoms. The van der Waals surface area contributed by atoms with Crippen LogP contribution in [0.5, 0.6) is 0 Å². The molecule has 0 fully saturated rings. The summed E-state index contributed by atoms with van der Waals surface area (Å²) in [6.07, 6.45) is 2.85. The van der Waals surface area contributed by atoms with Crippen LogP contribution in [0.3, 0.4) is 0 Å². The van der Waals surface area contributed by atoms with Crippen molar-refractivity contribution in [2.45, 2.75) is 0 Å². The lowest BCUT2D eigenvalue weighted by atomic mass is 10.1. The van der Waals surface area contributed by atoms with Crippen molar-refractivity contribution in [2.75, 3.05) is 5.73 Å². The highest BCUT2D eigenvalue weighted by Crippen LogP contribution is 2.29. The normalized spacial score (nSPS) is 10.6. The van der Waals surface area contributed by atoms with E-state index >= 15 is 0 Å². The molecule has 1 aromatic carbocycles. The number of hydrogen-bond donors (Lipinski definition) is 1. The van der Waals surface area contributed by atoms with Gasteiger partial charge in [-0.25, -0.2) is 19.3 Å². The van der Waals surface area contributed by atoms with Gasteiger partial charge in [0.15, 0.2) is 12.2 Å². The van der Waals surface area contributed by atoms with E-state index in [0.717, 1.165) is 5.56 Å². The van der Waals surface area contributed by atoms with Crippen LogP contribution in [0.25, 0.3) is 22.7 Å². The van der Waals surface area contributed by atoms with Gasteiger partial charge in [0, 0.05) is 11.8 Å². The molecule has 94 valence electrons. The average molecular weight is 256 g/mol. The molecule has 0 spiro atoms. The Morgan fingerprint density at radius 3 is 2.58 bits per heavy atom. The second-order valence-electron chi connectivity index (χ2n) is 3.84. The second kappa shape index (κ2) is 4.49. The first-order valence-electron chi connectivity index (χ1n) is 5.52. The molecule has 2 heterocycles. The fourth-order valence-corrected chi connectivity index (χ4v) is 1.74. The number of benzene rings is 1. The minimum atomic E-state index is -0.305. The number of nitrogens with zero attached hydrogens (tertiary/aromatic N) is 3. The predicted molar refractivity (Wildman–Crippen MR) is 67.3 cm³/mol. The van der Waals surface area contributed by atoms with Crippen LogP contribution in [0, 0.1) is 5.82 Å². The van der Waals surface area contributed by atoms with E-state index in [2.05, 4.69) is 15.0 Å². The molecule has 0 aliphatic heterocycles. The third-order valence-electron chi connectivity index (χ3n) is 2.59. The molecular formula is C13H9FN4O. The van der Waals surface area contributed by atoms with Crippen LogP contribution in [0.15, 0.2) is 47.3 Å². The minimum absolute atomic E-state index is 0.152. The first-order valence-corrected chi connectivity index (χ1v) is 5.52. The minimum Gasteiger partial charge on any atom is -0.441 e. The molecule has 19 heavy (non-hydrogen) atoms. The molecule has 0 unspecified atom stereocenters. The Morgan fingerprint density at radius 2 is 1.84 bits per heavy atom. The van der Waals surface area contributed by atoms with Gasteiger partial charge in [0.05, 0.1) is 0 Å². The van der Waals surface area contributed by atoms with Crippen LogP contribution in [-0.2, 0) is 0 Å². The smallest absolute Gasteiger partial charge is 0.220 e.